The van der Waals surface area contributed by atoms with Crippen molar-refractivity contribution in [3.8, 4) is 0 Å². The normalized spacial score (nSPS) is 10.6. The molecule has 1 aromatic carbocycles. The molecule has 1 aromatic heterocycles. The number of aromatic carboxylic acids is 1. The summed E-state index contributed by atoms with van der Waals surface area (Å²) in [6, 6.07) is 6.17. The standard InChI is InChI=1S/C16H20N4O3/c1-10(2)14-13(9-20(3)19-14)18-16(23)17-8-11-6-4-5-7-12(11)15(21)22/h4-7,9-10H,8H2,1-3H3,(H,21,22)(H2,17,18,23). The van der Waals surface area contributed by atoms with Crippen molar-refractivity contribution >= 4 is 17.7 Å². The van der Waals surface area contributed by atoms with E-state index in [9.17, 15) is 9.59 Å². The minimum absolute atomic E-state index is 0.131. The van der Waals surface area contributed by atoms with Crippen LogP contribution in [-0.4, -0.2) is 26.9 Å². The Morgan fingerprint density at radius 2 is 2.00 bits per heavy atom. The van der Waals surface area contributed by atoms with Gasteiger partial charge in [0.05, 0.1) is 16.9 Å². The Kier molecular flexibility index (Phi) is 5.00. The largest absolute Gasteiger partial charge is 0.478 e. The molecule has 2 amide bonds. The van der Waals surface area contributed by atoms with Gasteiger partial charge in [0.15, 0.2) is 0 Å². The second kappa shape index (κ2) is 6.95. The van der Waals surface area contributed by atoms with Gasteiger partial charge in [-0.05, 0) is 17.5 Å². The number of urea groups is 1. The van der Waals surface area contributed by atoms with Gasteiger partial charge >= 0.3 is 12.0 Å². The molecule has 0 spiro atoms. The fourth-order valence-corrected chi connectivity index (χ4v) is 2.25. The van der Waals surface area contributed by atoms with Gasteiger partial charge in [0.1, 0.15) is 0 Å². The summed E-state index contributed by atoms with van der Waals surface area (Å²) in [5.41, 5.74) is 2.17. The van der Waals surface area contributed by atoms with Gasteiger partial charge in [-0.15, -0.1) is 0 Å². The smallest absolute Gasteiger partial charge is 0.336 e. The number of carbonyl (C=O) groups is 2. The molecule has 23 heavy (non-hydrogen) atoms. The summed E-state index contributed by atoms with van der Waals surface area (Å²) in [5.74, 6) is -0.837. The Labute approximate surface area is 134 Å². The van der Waals surface area contributed by atoms with Crippen molar-refractivity contribution in [1.82, 2.24) is 15.1 Å². The molecule has 0 aliphatic carbocycles. The summed E-state index contributed by atoms with van der Waals surface area (Å²) >= 11 is 0. The number of nitrogens with zero attached hydrogens (tertiary/aromatic N) is 2. The van der Waals surface area contributed by atoms with Gasteiger partial charge in [-0.25, -0.2) is 9.59 Å². The molecule has 7 heteroatoms. The highest BCUT2D eigenvalue weighted by Gasteiger charge is 2.14. The number of aryl methyl sites for hydroxylation is 1. The fraction of sp³-hybridized carbons (Fsp3) is 0.312. The number of carbonyl (C=O) groups excluding carboxylic acids is 1. The predicted molar refractivity (Wildman–Crippen MR) is 86.6 cm³/mol. The molecule has 122 valence electrons. The van der Waals surface area contributed by atoms with Crippen LogP contribution in [0.3, 0.4) is 0 Å². The van der Waals surface area contributed by atoms with E-state index in [0.717, 1.165) is 5.69 Å². The van der Waals surface area contributed by atoms with E-state index in [-0.39, 0.29) is 18.0 Å². The van der Waals surface area contributed by atoms with E-state index in [2.05, 4.69) is 15.7 Å². The highest BCUT2D eigenvalue weighted by Crippen LogP contribution is 2.21. The molecule has 1 heterocycles. The maximum absolute atomic E-state index is 12.0. The van der Waals surface area contributed by atoms with E-state index >= 15 is 0 Å². The molecule has 0 atom stereocenters. The number of hydrogen-bond acceptors (Lipinski definition) is 3. The minimum atomic E-state index is -1.02. The van der Waals surface area contributed by atoms with Crippen molar-refractivity contribution < 1.29 is 14.7 Å². The molecule has 3 N–H and O–H groups in total. The first-order valence-electron chi connectivity index (χ1n) is 7.28. The molecule has 0 saturated heterocycles. The zero-order valence-electron chi connectivity index (χ0n) is 13.3. The van der Waals surface area contributed by atoms with Crippen molar-refractivity contribution in [1.29, 1.82) is 0 Å². The first-order valence-corrected chi connectivity index (χ1v) is 7.28. The van der Waals surface area contributed by atoms with Gasteiger partial charge in [-0.3, -0.25) is 4.68 Å². The van der Waals surface area contributed by atoms with Crippen molar-refractivity contribution in [2.24, 2.45) is 7.05 Å². The Hall–Kier alpha value is -2.83. The lowest BCUT2D eigenvalue weighted by Gasteiger charge is -2.10. The van der Waals surface area contributed by atoms with Gasteiger partial charge in [-0.1, -0.05) is 32.0 Å². The average molecular weight is 316 g/mol. The number of aromatic nitrogens is 2. The van der Waals surface area contributed by atoms with Crippen molar-refractivity contribution in [2.45, 2.75) is 26.3 Å². The molecule has 2 aromatic rings. The number of rotatable bonds is 5. The zero-order valence-corrected chi connectivity index (χ0v) is 13.3. The molecule has 0 aliphatic heterocycles. The monoisotopic (exact) mass is 316 g/mol. The highest BCUT2D eigenvalue weighted by molar-refractivity contribution is 5.91. The van der Waals surface area contributed by atoms with E-state index in [0.29, 0.717) is 11.3 Å². The second-order valence-corrected chi connectivity index (χ2v) is 5.53. The molecule has 0 aliphatic rings. The third-order valence-electron chi connectivity index (χ3n) is 3.34. The van der Waals surface area contributed by atoms with E-state index in [1.165, 1.54) is 6.07 Å². The summed E-state index contributed by atoms with van der Waals surface area (Å²) in [7, 11) is 1.79. The summed E-state index contributed by atoms with van der Waals surface area (Å²) in [4.78, 5) is 23.2. The highest BCUT2D eigenvalue weighted by atomic mass is 16.4. The van der Waals surface area contributed by atoms with Gasteiger partial charge < -0.3 is 15.7 Å². The van der Waals surface area contributed by atoms with Crippen LogP contribution in [0.2, 0.25) is 0 Å². The number of carboxylic acids is 1. The van der Waals surface area contributed by atoms with Crippen LogP contribution in [0.15, 0.2) is 30.5 Å². The SMILES string of the molecule is CC(C)c1nn(C)cc1NC(=O)NCc1ccccc1C(=O)O. The number of hydrogen-bond donors (Lipinski definition) is 3. The molecule has 7 nitrogen and oxygen atoms in total. The number of nitrogens with one attached hydrogen (secondary N) is 2. The van der Waals surface area contributed by atoms with Crippen LogP contribution in [0.25, 0.3) is 0 Å². The van der Waals surface area contributed by atoms with E-state index in [4.69, 9.17) is 5.11 Å². The van der Waals surface area contributed by atoms with Gasteiger partial charge in [-0.2, -0.15) is 5.10 Å². The third kappa shape index (κ3) is 4.09. The van der Waals surface area contributed by atoms with Crippen LogP contribution in [0.5, 0.6) is 0 Å². The van der Waals surface area contributed by atoms with Crippen LogP contribution in [0.1, 0.15) is 41.4 Å². The predicted octanol–water partition coefficient (Wildman–Crippen LogP) is 2.56. The zero-order chi connectivity index (χ0) is 17.0. The van der Waals surface area contributed by atoms with Crippen LogP contribution < -0.4 is 10.6 Å². The van der Waals surface area contributed by atoms with Crippen LogP contribution in [-0.2, 0) is 13.6 Å². The van der Waals surface area contributed by atoms with E-state index in [1.807, 2.05) is 13.8 Å². The summed E-state index contributed by atoms with van der Waals surface area (Å²) in [6.45, 7) is 4.12. The second-order valence-electron chi connectivity index (χ2n) is 5.53. The van der Waals surface area contributed by atoms with Crippen LogP contribution in [0.4, 0.5) is 10.5 Å². The summed E-state index contributed by atoms with van der Waals surface area (Å²) in [6.07, 6.45) is 1.74. The van der Waals surface area contributed by atoms with Gasteiger partial charge in [0.2, 0.25) is 0 Å². The summed E-state index contributed by atoms with van der Waals surface area (Å²) in [5, 5.41) is 18.9. The van der Waals surface area contributed by atoms with Crippen LogP contribution >= 0.6 is 0 Å². The number of benzene rings is 1. The number of anilines is 1. The number of carboxylic acid groups (broad SMARTS) is 1. The molecular formula is C16H20N4O3. The fourth-order valence-electron chi connectivity index (χ4n) is 2.25. The maximum atomic E-state index is 12.0. The summed E-state index contributed by atoms with van der Waals surface area (Å²) < 4.78 is 1.64. The topological polar surface area (TPSA) is 96.3 Å². The van der Waals surface area contributed by atoms with Crippen molar-refractivity contribution in [3.05, 3.63) is 47.3 Å². The molecular weight excluding hydrogens is 296 g/mol. The Morgan fingerprint density at radius 3 is 2.65 bits per heavy atom. The maximum Gasteiger partial charge on any atom is 0.336 e. The quantitative estimate of drug-likeness (QED) is 0.790. The van der Waals surface area contributed by atoms with Gasteiger partial charge in [0.25, 0.3) is 0 Å². The first-order chi connectivity index (χ1) is 10.9. The molecule has 0 radical (unpaired) electrons. The Bertz CT molecular complexity index is 722. The molecule has 0 saturated carbocycles. The minimum Gasteiger partial charge on any atom is -0.478 e. The number of amides is 2. The van der Waals surface area contributed by atoms with E-state index < -0.39 is 12.0 Å². The lowest BCUT2D eigenvalue weighted by molar-refractivity contribution is 0.0695. The van der Waals surface area contributed by atoms with E-state index in [1.54, 1.807) is 36.1 Å². The molecule has 2 rings (SSSR count). The van der Waals surface area contributed by atoms with Crippen molar-refractivity contribution in [2.75, 3.05) is 5.32 Å². The first kappa shape index (κ1) is 16.5. The van der Waals surface area contributed by atoms with Gasteiger partial charge in [0, 0.05) is 19.8 Å². The lowest BCUT2D eigenvalue weighted by atomic mass is 10.1. The Morgan fingerprint density at radius 1 is 1.30 bits per heavy atom. The molecule has 0 unspecified atom stereocenters. The van der Waals surface area contributed by atoms with Crippen molar-refractivity contribution in [3.63, 3.8) is 0 Å². The molecule has 0 fully saturated rings. The lowest BCUT2D eigenvalue weighted by Crippen LogP contribution is -2.29. The molecule has 0 bridgehead atoms. The van der Waals surface area contributed by atoms with Crippen LogP contribution in [0, 0.1) is 0 Å². The average Bonchev–Trinajstić information content (AvgIpc) is 2.86. The third-order valence-corrected chi connectivity index (χ3v) is 3.34. The Balaban J connectivity index is 2.03.